The minimum Gasteiger partial charge on any atom is -0.444 e. The number of amides is 2. The van der Waals surface area contributed by atoms with Crippen molar-refractivity contribution in [3.63, 3.8) is 0 Å². The van der Waals surface area contributed by atoms with Gasteiger partial charge in [-0.3, -0.25) is 14.8 Å². The predicted molar refractivity (Wildman–Crippen MR) is 154 cm³/mol. The first-order chi connectivity index (χ1) is 20.2. The van der Waals surface area contributed by atoms with Gasteiger partial charge in [0.2, 0.25) is 0 Å². The third kappa shape index (κ3) is 6.69. The zero-order valence-electron chi connectivity index (χ0n) is 23.5. The second-order valence-corrected chi connectivity index (χ2v) is 12.2. The number of aliphatic hydroxyl groups excluding tert-OH is 1. The Morgan fingerprint density at radius 1 is 1.16 bits per heavy atom. The molecule has 2 aliphatic heterocycles. The fourth-order valence-corrected chi connectivity index (χ4v) is 6.02. The van der Waals surface area contributed by atoms with E-state index < -0.39 is 41.2 Å². The number of aliphatic hydroxyl groups is 1. The van der Waals surface area contributed by atoms with Crippen LogP contribution in [0.15, 0.2) is 52.5 Å². The topological polar surface area (TPSA) is 111 Å². The number of fused-ring (bicyclic) bond motifs is 1. The molecule has 228 valence electrons. The van der Waals surface area contributed by atoms with Gasteiger partial charge in [0.25, 0.3) is 5.91 Å². The van der Waals surface area contributed by atoms with Crippen LogP contribution in [0.2, 0.25) is 0 Å². The molecule has 1 fully saturated rings. The molecule has 0 bridgehead atoms. The maximum atomic E-state index is 13.9. The van der Waals surface area contributed by atoms with Crippen molar-refractivity contribution < 1.29 is 37.0 Å². The van der Waals surface area contributed by atoms with Crippen molar-refractivity contribution in [1.82, 2.24) is 20.0 Å². The molecule has 9 nitrogen and oxygen atoms in total. The molecule has 2 aliphatic rings. The number of aromatic amines is 1. The lowest BCUT2D eigenvalue weighted by molar-refractivity contribution is -0.138. The summed E-state index contributed by atoms with van der Waals surface area (Å²) in [6.45, 7) is 5.51. The Labute approximate surface area is 248 Å². The lowest BCUT2D eigenvalue weighted by Gasteiger charge is -2.41. The van der Waals surface area contributed by atoms with E-state index in [4.69, 9.17) is 4.74 Å². The van der Waals surface area contributed by atoms with Crippen LogP contribution in [0, 0.1) is 5.82 Å². The van der Waals surface area contributed by atoms with Crippen LogP contribution in [0.5, 0.6) is 0 Å². The second kappa shape index (κ2) is 11.6. The van der Waals surface area contributed by atoms with Crippen molar-refractivity contribution in [1.29, 1.82) is 0 Å². The van der Waals surface area contributed by atoms with E-state index in [-0.39, 0.29) is 43.1 Å². The van der Waals surface area contributed by atoms with E-state index >= 15 is 0 Å². The van der Waals surface area contributed by atoms with E-state index in [0.29, 0.717) is 33.3 Å². The molecule has 1 aromatic heterocycles. The molecule has 2 N–H and O–H groups in total. The number of thioether (sulfide) groups is 1. The second-order valence-electron chi connectivity index (χ2n) is 11.2. The number of hydrogen-bond donors (Lipinski definition) is 2. The smallest absolute Gasteiger partial charge is 0.416 e. The van der Waals surface area contributed by atoms with Crippen molar-refractivity contribution in [3.8, 4) is 0 Å². The van der Waals surface area contributed by atoms with Gasteiger partial charge >= 0.3 is 12.3 Å². The number of amidine groups is 1. The average Bonchev–Trinajstić information content (AvgIpc) is 3.56. The first-order valence-electron chi connectivity index (χ1n) is 13.4. The molecule has 0 unspecified atom stereocenters. The Hall–Kier alpha value is -3.91. The lowest BCUT2D eigenvalue weighted by Crippen LogP contribution is -2.58. The molecule has 0 aliphatic carbocycles. The van der Waals surface area contributed by atoms with E-state index in [2.05, 4.69) is 15.2 Å². The highest BCUT2D eigenvalue weighted by Crippen LogP contribution is 2.40. The summed E-state index contributed by atoms with van der Waals surface area (Å²) < 4.78 is 61.0. The maximum absolute atomic E-state index is 13.9. The molecular weight excluding hydrogens is 590 g/mol. The number of aromatic nitrogens is 2. The normalized spacial score (nSPS) is 19.2. The zero-order valence-corrected chi connectivity index (χ0v) is 24.4. The van der Waals surface area contributed by atoms with Crippen LogP contribution in [0.3, 0.4) is 0 Å². The number of hydrogen-bond acceptors (Lipinski definition) is 7. The van der Waals surface area contributed by atoms with Crippen molar-refractivity contribution in [2.45, 2.75) is 45.0 Å². The SMILES string of the molecule is CC(C)(C)OC(=O)N1CCN(C2=NC(=O)C(=C(Cc3ccc(F)cc3C(F)(F)F)c3ccc4[nH]ncc4c3)S2)C[C@@H]1CO. The first kappa shape index (κ1) is 30.5. The molecule has 3 aromatic rings. The Morgan fingerprint density at radius 3 is 2.63 bits per heavy atom. The summed E-state index contributed by atoms with van der Waals surface area (Å²) in [5.74, 6) is -1.65. The highest BCUT2D eigenvalue weighted by atomic mass is 32.2. The summed E-state index contributed by atoms with van der Waals surface area (Å²) >= 11 is 1.01. The van der Waals surface area contributed by atoms with Crippen LogP contribution < -0.4 is 0 Å². The Kier molecular flexibility index (Phi) is 8.27. The number of alkyl halides is 3. The summed E-state index contributed by atoms with van der Waals surface area (Å²) in [5, 5.41) is 17.8. The van der Waals surface area contributed by atoms with E-state index in [1.165, 1.54) is 4.90 Å². The number of aliphatic imine (C=N–C) groups is 1. The fourth-order valence-electron chi connectivity index (χ4n) is 4.97. The van der Waals surface area contributed by atoms with Crippen molar-refractivity contribution in [2.75, 3.05) is 26.2 Å². The summed E-state index contributed by atoms with van der Waals surface area (Å²) in [5.41, 5.74) is -0.571. The molecule has 2 amide bonds. The number of ether oxygens (including phenoxy) is 1. The Balaban J connectivity index is 1.48. The highest BCUT2D eigenvalue weighted by molar-refractivity contribution is 8.18. The molecular formula is C29H29F4N5O4S. The number of nitrogens with one attached hydrogen (secondary N) is 1. The van der Waals surface area contributed by atoms with Gasteiger partial charge in [0.15, 0.2) is 5.17 Å². The van der Waals surface area contributed by atoms with Gasteiger partial charge < -0.3 is 14.7 Å². The van der Waals surface area contributed by atoms with Gasteiger partial charge in [-0.2, -0.15) is 23.3 Å². The quantitative estimate of drug-likeness (QED) is 0.305. The van der Waals surface area contributed by atoms with Gasteiger partial charge in [-0.15, -0.1) is 0 Å². The van der Waals surface area contributed by atoms with Gasteiger partial charge in [-0.05, 0) is 79.9 Å². The van der Waals surface area contributed by atoms with Crippen LogP contribution in [0.4, 0.5) is 22.4 Å². The van der Waals surface area contributed by atoms with Gasteiger partial charge in [-0.25, -0.2) is 9.18 Å². The predicted octanol–water partition coefficient (Wildman–Crippen LogP) is 5.22. The van der Waals surface area contributed by atoms with Crippen LogP contribution in [0.25, 0.3) is 16.5 Å². The van der Waals surface area contributed by atoms with Crippen LogP contribution in [-0.2, 0) is 22.1 Å². The number of carbonyl (C=O) groups is 2. The largest absolute Gasteiger partial charge is 0.444 e. The van der Waals surface area contributed by atoms with Gasteiger partial charge in [-0.1, -0.05) is 12.1 Å². The number of allylic oxidation sites excluding steroid dienone is 1. The minimum atomic E-state index is -4.82. The number of nitrogens with zero attached hydrogens (tertiary/aromatic N) is 4. The van der Waals surface area contributed by atoms with Crippen LogP contribution in [0.1, 0.15) is 37.5 Å². The maximum Gasteiger partial charge on any atom is 0.416 e. The Bertz CT molecular complexity index is 1630. The van der Waals surface area contributed by atoms with Crippen LogP contribution >= 0.6 is 11.8 Å². The molecule has 43 heavy (non-hydrogen) atoms. The minimum absolute atomic E-state index is 0.130. The number of benzene rings is 2. The highest BCUT2D eigenvalue weighted by Gasteiger charge is 2.38. The third-order valence-electron chi connectivity index (χ3n) is 6.98. The molecule has 14 heteroatoms. The van der Waals surface area contributed by atoms with E-state index in [0.717, 1.165) is 23.9 Å². The summed E-state index contributed by atoms with van der Waals surface area (Å²) in [6.07, 6.45) is -4.14. The fraction of sp³-hybridized carbons (Fsp3) is 0.379. The summed E-state index contributed by atoms with van der Waals surface area (Å²) in [7, 11) is 0. The summed E-state index contributed by atoms with van der Waals surface area (Å²) in [6, 6.07) is 6.94. The number of carbonyl (C=O) groups excluding carboxylic acids is 2. The van der Waals surface area contributed by atoms with Gasteiger partial charge in [0.05, 0.1) is 34.8 Å². The lowest BCUT2D eigenvalue weighted by atomic mass is 9.93. The molecule has 0 radical (unpaired) electrons. The Morgan fingerprint density at radius 2 is 1.93 bits per heavy atom. The zero-order chi connectivity index (χ0) is 31.1. The van der Waals surface area contributed by atoms with Gasteiger partial charge in [0.1, 0.15) is 11.4 Å². The van der Waals surface area contributed by atoms with Crippen LogP contribution in [-0.4, -0.2) is 80.2 Å². The number of halogens is 4. The number of H-pyrrole nitrogens is 1. The number of rotatable bonds is 4. The van der Waals surface area contributed by atoms with Gasteiger partial charge in [0, 0.05) is 25.0 Å². The molecule has 2 aromatic carbocycles. The number of piperazine rings is 1. The average molecular weight is 620 g/mol. The summed E-state index contributed by atoms with van der Waals surface area (Å²) in [4.78, 5) is 33.6. The van der Waals surface area contributed by atoms with E-state index in [1.54, 1.807) is 50.1 Å². The third-order valence-corrected chi connectivity index (χ3v) is 8.14. The monoisotopic (exact) mass is 619 g/mol. The first-order valence-corrected chi connectivity index (χ1v) is 14.2. The molecule has 5 rings (SSSR count). The van der Waals surface area contributed by atoms with E-state index in [9.17, 15) is 32.3 Å². The van der Waals surface area contributed by atoms with E-state index in [1.807, 2.05) is 0 Å². The standard InChI is InChI=1S/C29H29F4N5O4S/c1-28(2,3)42-27(41)38-9-8-37(14-20(38)15-39)26-35-25(40)24(43-26)21(16-5-7-23-18(10-16)13-34-36-23)11-17-4-6-19(30)12-22(17)29(31,32)33/h4-7,10,12-13,20,39H,8-9,11,14-15H2,1-3H3,(H,34,36)/t20-/m1/s1. The van der Waals surface area contributed by atoms with Crippen molar-refractivity contribution in [3.05, 3.63) is 70.0 Å². The molecule has 1 saturated heterocycles. The molecule has 0 saturated carbocycles. The molecule has 0 spiro atoms. The molecule has 3 heterocycles. The van der Waals surface area contributed by atoms with Crippen molar-refractivity contribution in [2.24, 2.45) is 4.99 Å². The van der Waals surface area contributed by atoms with Crippen molar-refractivity contribution >= 4 is 45.4 Å². The molecule has 1 atom stereocenters.